The van der Waals surface area contributed by atoms with Crippen LogP contribution in [-0.2, 0) is 16.0 Å². The molecule has 1 aliphatic rings. The van der Waals surface area contributed by atoms with E-state index in [9.17, 15) is 9.59 Å². The molecule has 0 aliphatic carbocycles. The van der Waals surface area contributed by atoms with Gasteiger partial charge in [0.15, 0.2) is 0 Å². The molecule has 0 unspecified atom stereocenters. The minimum absolute atomic E-state index is 0.0112. The normalized spacial score (nSPS) is 16.9. The highest BCUT2D eigenvalue weighted by atomic mass is 16.5. The van der Waals surface area contributed by atoms with Crippen LogP contribution >= 0.6 is 0 Å². The molecule has 0 radical (unpaired) electrons. The van der Waals surface area contributed by atoms with Gasteiger partial charge in [-0.25, -0.2) is 4.98 Å². The second-order valence-corrected chi connectivity index (χ2v) is 6.67. The molecule has 28 heavy (non-hydrogen) atoms. The Morgan fingerprint density at radius 3 is 2.79 bits per heavy atom. The summed E-state index contributed by atoms with van der Waals surface area (Å²) in [5, 5.41) is 0.706. The lowest BCUT2D eigenvalue weighted by atomic mass is 10.0. The van der Waals surface area contributed by atoms with E-state index in [0.717, 1.165) is 5.69 Å². The predicted molar refractivity (Wildman–Crippen MR) is 103 cm³/mol. The number of amides is 2. The molecule has 1 aliphatic heterocycles. The zero-order chi connectivity index (χ0) is 19.5. The summed E-state index contributed by atoms with van der Waals surface area (Å²) in [6.07, 6.45) is 1.50. The molecule has 142 valence electrons. The van der Waals surface area contributed by atoms with Crippen molar-refractivity contribution in [2.45, 2.75) is 12.5 Å². The third kappa shape index (κ3) is 3.70. The first-order chi connectivity index (χ1) is 13.6. The smallest absolute Gasteiger partial charge is 0.249 e. The molecule has 1 fully saturated rings. The van der Waals surface area contributed by atoms with Gasteiger partial charge in [0.25, 0.3) is 0 Å². The minimum atomic E-state index is -0.515. The minimum Gasteiger partial charge on any atom is -0.368 e. The van der Waals surface area contributed by atoms with Crippen molar-refractivity contribution >= 4 is 22.7 Å². The molecule has 7 heteroatoms. The molecule has 7 nitrogen and oxygen atoms in total. The number of rotatable bonds is 4. The standard InChI is InChI=1S/C21H20N4O3/c22-21(27)16-12-18(24-17-7-2-1-6-15(16)17)19-13-25(9-10-28-19)20(26)11-14-5-3-4-8-23-14/h1-8,12,19H,9-11,13H2,(H2,22,27)/t19-/m1/s1. The fraction of sp³-hybridized carbons (Fsp3) is 0.238. The van der Waals surface area contributed by atoms with Crippen molar-refractivity contribution in [1.29, 1.82) is 0 Å². The van der Waals surface area contributed by atoms with Crippen LogP contribution in [0.15, 0.2) is 54.7 Å². The van der Waals surface area contributed by atoms with Crippen molar-refractivity contribution in [2.24, 2.45) is 5.73 Å². The first-order valence-corrected chi connectivity index (χ1v) is 9.10. The molecular weight excluding hydrogens is 356 g/mol. The Hall–Kier alpha value is -3.32. The van der Waals surface area contributed by atoms with E-state index in [1.807, 2.05) is 42.5 Å². The molecule has 3 heterocycles. The number of hydrogen-bond acceptors (Lipinski definition) is 5. The van der Waals surface area contributed by atoms with Crippen LogP contribution in [0.4, 0.5) is 0 Å². The van der Waals surface area contributed by atoms with Gasteiger partial charge < -0.3 is 15.4 Å². The first-order valence-electron chi connectivity index (χ1n) is 9.10. The van der Waals surface area contributed by atoms with Crippen molar-refractivity contribution in [2.75, 3.05) is 19.7 Å². The van der Waals surface area contributed by atoms with Crippen LogP contribution in [0.3, 0.4) is 0 Å². The number of nitrogens with zero attached hydrogens (tertiary/aromatic N) is 3. The third-order valence-electron chi connectivity index (χ3n) is 4.81. The number of pyridine rings is 2. The fourth-order valence-corrected chi connectivity index (χ4v) is 3.39. The van der Waals surface area contributed by atoms with E-state index in [0.29, 0.717) is 41.9 Å². The summed E-state index contributed by atoms with van der Waals surface area (Å²) in [4.78, 5) is 35.2. The number of benzene rings is 1. The van der Waals surface area contributed by atoms with Crippen molar-refractivity contribution in [3.05, 3.63) is 71.7 Å². The maximum atomic E-state index is 12.7. The highest BCUT2D eigenvalue weighted by Gasteiger charge is 2.27. The number of hydrogen-bond donors (Lipinski definition) is 1. The van der Waals surface area contributed by atoms with Gasteiger partial charge in [0.2, 0.25) is 11.8 Å². The Labute approximate surface area is 162 Å². The molecule has 2 amide bonds. The van der Waals surface area contributed by atoms with Crippen molar-refractivity contribution in [3.63, 3.8) is 0 Å². The highest BCUT2D eigenvalue weighted by Crippen LogP contribution is 2.26. The van der Waals surface area contributed by atoms with E-state index in [4.69, 9.17) is 10.5 Å². The molecule has 3 aromatic rings. The van der Waals surface area contributed by atoms with Gasteiger partial charge >= 0.3 is 0 Å². The molecular formula is C21H20N4O3. The largest absolute Gasteiger partial charge is 0.368 e. The SMILES string of the molecule is NC(=O)c1cc([C@H]2CN(C(=O)Cc3ccccn3)CCO2)nc2ccccc12. The molecule has 2 N–H and O–H groups in total. The zero-order valence-corrected chi connectivity index (χ0v) is 15.2. The molecule has 0 bridgehead atoms. The quantitative estimate of drug-likeness (QED) is 0.750. The number of aromatic nitrogens is 2. The number of nitrogens with two attached hydrogens (primary N) is 1. The molecule has 1 atom stereocenters. The third-order valence-corrected chi connectivity index (χ3v) is 4.81. The molecule has 4 rings (SSSR count). The van der Waals surface area contributed by atoms with Crippen molar-refractivity contribution in [3.8, 4) is 0 Å². The number of fused-ring (bicyclic) bond motifs is 1. The Morgan fingerprint density at radius 2 is 2.00 bits per heavy atom. The summed E-state index contributed by atoms with van der Waals surface area (Å²) >= 11 is 0. The predicted octanol–water partition coefficient (Wildman–Crippen LogP) is 1.87. The van der Waals surface area contributed by atoms with E-state index in [2.05, 4.69) is 9.97 Å². The van der Waals surface area contributed by atoms with E-state index < -0.39 is 12.0 Å². The van der Waals surface area contributed by atoms with Crippen LogP contribution in [0.1, 0.15) is 27.8 Å². The Kier molecular flexibility index (Phi) is 4.99. The van der Waals surface area contributed by atoms with Crippen LogP contribution in [0.2, 0.25) is 0 Å². The van der Waals surface area contributed by atoms with Crippen LogP contribution in [0.25, 0.3) is 10.9 Å². The van der Waals surface area contributed by atoms with Crippen LogP contribution in [0.5, 0.6) is 0 Å². The molecule has 2 aromatic heterocycles. The van der Waals surface area contributed by atoms with Crippen LogP contribution in [-0.4, -0.2) is 46.4 Å². The van der Waals surface area contributed by atoms with E-state index in [1.54, 1.807) is 17.2 Å². The molecule has 0 spiro atoms. The van der Waals surface area contributed by atoms with Gasteiger partial charge in [-0.2, -0.15) is 0 Å². The number of primary amides is 1. The van der Waals surface area contributed by atoms with Crippen LogP contribution in [0, 0.1) is 0 Å². The topological polar surface area (TPSA) is 98.4 Å². The Bertz CT molecular complexity index is 1020. The monoisotopic (exact) mass is 376 g/mol. The van der Waals surface area contributed by atoms with Gasteiger partial charge in [-0.15, -0.1) is 0 Å². The number of para-hydroxylation sites is 1. The average molecular weight is 376 g/mol. The Morgan fingerprint density at radius 1 is 1.18 bits per heavy atom. The number of ether oxygens (including phenoxy) is 1. The van der Waals surface area contributed by atoms with Gasteiger partial charge in [0.05, 0.1) is 36.3 Å². The lowest BCUT2D eigenvalue weighted by molar-refractivity contribution is -0.138. The Balaban J connectivity index is 1.58. The van der Waals surface area contributed by atoms with Gasteiger partial charge in [0.1, 0.15) is 6.10 Å². The van der Waals surface area contributed by atoms with Crippen molar-refractivity contribution < 1.29 is 14.3 Å². The summed E-state index contributed by atoms with van der Waals surface area (Å²) in [5.41, 5.74) is 7.97. The number of carbonyl (C=O) groups is 2. The van der Waals surface area contributed by atoms with Crippen LogP contribution < -0.4 is 5.73 Å². The zero-order valence-electron chi connectivity index (χ0n) is 15.2. The lowest BCUT2D eigenvalue weighted by Crippen LogP contribution is -2.43. The summed E-state index contributed by atoms with van der Waals surface area (Å²) in [6.45, 7) is 1.28. The van der Waals surface area contributed by atoms with E-state index in [1.165, 1.54) is 0 Å². The van der Waals surface area contributed by atoms with Gasteiger partial charge in [-0.1, -0.05) is 24.3 Å². The first kappa shape index (κ1) is 18.1. The maximum absolute atomic E-state index is 12.7. The second kappa shape index (κ2) is 7.74. The summed E-state index contributed by atoms with van der Waals surface area (Å²) in [5.74, 6) is -0.526. The van der Waals surface area contributed by atoms with Gasteiger partial charge in [-0.3, -0.25) is 14.6 Å². The van der Waals surface area contributed by atoms with E-state index >= 15 is 0 Å². The fourth-order valence-electron chi connectivity index (χ4n) is 3.39. The highest BCUT2D eigenvalue weighted by molar-refractivity contribution is 6.05. The number of morpholine rings is 1. The number of carbonyl (C=O) groups excluding carboxylic acids is 2. The maximum Gasteiger partial charge on any atom is 0.249 e. The summed E-state index contributed by atoms with van der Waals surface area (Å²) in [7, 11) is 0. The van der Waals surface area contributed by atoms with E-state index in [-0.39, 0.29) is 12.3 Å². The molecule has 1 saturated heterocycles. The average Bonchev–Trinajstić information content (AvgIpc) is 2.73. The van der Waals surface area contributed by atoms with Crippen molar-refractivity contribution in [1.82, 2.24) is 14.9 Å². The lowest BCUT2D eigenvalue weighted by Gasteiger charge is -2.33. The van der Waals surface area contributed by atoms with Gasteiger partial charge in [-0.05, 0) is 24.3 Å². The summed E-state index contributed by atoms with van der Waals surface area (Å²) < 4.78 is 5.85. The summed E-state index contributed by atoms with van der Waals surface area (Å²) in [6, 6.07) is 14.5. The molecule has 1 aromatic carbocycles. The van der Waals surface area contributed by atoms with Gasteiger partial charge in [0, 0.05) is 23.8 Å². The molecule has 0 saturated carbocycles. The second-order valence-electron chi connectivity index (χ2n) is 6.67.